The van der Waals surface area contributed by atoms with Gasteiger partial charge in [0.25, 0.3) is 5.91 Å². The van der Waals surface area contributed by atoms with Gasteiger partial charge in [-0.05, 0) is 18.4 Å². The van der Waals surface area contributed by atoms with E-state index in [9.17, 15) is 18.7 Å². The summed E-state index contributed by atoms with van der Waals surface area (Å²) >= 11 is 1.07. The molecule has 0 aliphatic rings. The van der Waals surface area contributed by atoms with Crippen LogP contribution in [0.15, 0.2) is 6.07 Å². The van der Waals surface area contributed by atoms with Crippen LogP contribution < -0.4 is 10.1 Å². The minimum atomic E-state index is -2.98. The molecular formula is C13H19F2NO3S. The maximum atomic E-state index is 12.3. The molecule has 1 atom stereocenters. The summed E-state index contributed by atoms with van der Waals surface area (Å²) in [6.45, 7) is 4.28. The van der Waals surface area contributed by atoms with Crippen molar-refractivity contribution in [2.75, 3.05) is 6.54 Å². The van der Waals surface area contributed by atoms with E-state index in [1.165, 1.54) is 6.07 Å². The average molecular weight is 307 g/mol. The number of rotatable bonds is 5. The van der Waals surface area contributed by atoms with Crippen molar-refractivity contribution in [3.8, 4) is 5.75 Å². The number of carbonyl (C=O) groups excluding carboxylic acids is 1. The number of halogens is 2. The van der Waals surface area contributed by atoms with Crippen molar-refractivity contribution in [2.45, 2.75) is 40.4 Å². The standard InChI is InChI=1S/C13H19F2NO3S/c1-7-5-8(19-12(14)15)10(20-7)11(18)16-6-9(17)13(2,3)4/h5,9,12,17H,6H2,1-4H3,(H,16,18). The lowest BCUT2D eigenvalue weighted by Crippen LogP contribution is -2.39. The lowest BCUT2D eigenvalue weighted by Gasteiger charge is -2.25. The van der Waals surface area contributed by atoms with E-state index in [1.54, 1.807) is 6.92 Å². The lowest BCUT2D eigenvalue weighted by atomic mass is 9.89. The second kappa shape index (κ2) is 6.49. The van der Waals surface area contributed by atoms with Crippen molar-refractivity contribution in [1.82, 2.24) is 5.32 Å². The Bertz CT molecular complexity index is 469. The minimum Gasteiger partial charge on any atom is -0.433 e. The van der Waals surface area contributed by atoms with Crippen LogP contribution in [0, 0.1) is 12.3 Å². The number of aliphatic hydroxyl groups excluding tert-OH is 1. The number of carbonyl (C=O) groups is 1. The van der Waals surface area contributed by atoms with Crippen LogP contribution in [-0.2, 0) is 0 Å². The second-order valence-corrected chi connectivity index (χ2v) is 6.78. The van der Waals surface area contributed by atoms with E-state index in [-0.39, 0.29) is 22.6 Å². The first-order valence-corrected chi connectivity index (χ1v) is 6.94. The molecule has 20 heavy (non-hydrogen) atoms. The summed E-state index contributed by atoms with van der Waals surface area (Å²) in [5.41, 5.74) is -0.374. The molecule has 1 amide bonds. The predicted molar refractivity (Wildman–Crippen MR) is 73.5 cm³/mol. The van der Waals surface area contributed by atoms with Crippen molar-refractivity contribution in [3.05, 3.63) is 15.8 Å². The number of hydrogen-bond donors (Lipinski definition) is 2. The van der Waals surface area contributed by atoms with Gasteiger partial charge in [-0.15, -0.1) is 11.3 Å². The zero-order valence-electron chi connectivity index (χ0n) is 11.9. The van der Waals surface area contributed by atoms with Gasteiger partial charge < -0.3 is 15.2 Å². The Morgan fingerprint density at radius 3 is 2.60 bits per heavy atom. The van der Waals surface area contributed by atoms with Crippen LogP contribution in [0.5, 0.6) is 5.75 Å². The molecule has 0 fully saturated rings. The fraction of sp³-hybridized carbons (Fsp3) is 0.615. The highest BCUT2D eigenvalue weighted by Gasteiger charge is 2.24. The highest BCUT2D eigenvalue weighted by atomic mass is 32.1. The third-order valence-corrected chi connectivity index (χ3v) is 3.73. The van der Waals surface area contributed by atoms with Crippen LogP contribution in [-0.4, -0.2) is 30.3 Å². The second-order valence-electron chi connectivity index (χ2n) is 5.52. The fourth-order valence-electron chi connectivity index (χ4n) is 1.41. The van der Waals surface area contributed by atoms with Gasteiger partial charge in [0.2, 0.25) is 0 Å². The first kappa shape index (κ1) is 16.8. The monoisotopic (exact) mass is 307 g/mol. The van der Waals surface area contributed by atoms with Crippen LogP contribution in [0.2, 0.25) is 0 Å². The minimum absolute atomic E-state index is 0.0490. The molecule has 4 nitrogen and oxygen atoms in total. The predicted octanol–water partition coefficient (Wildman–Crippen LogP) is 2.79. The molecule has 0 radical (unpaired) electrons. The smallest absolute Gasteiger partial charge is 0.387 e. The molecule has 1 unspecified atom stereocenters. The molecule has 0 aromatic carbocycles. The van der Waals surface area contributed by atoms with Gasteiger partial charge in [0.15, 0.2) is 0 Å². The quantitative estimate of drug-likeness (QED) is 0.879. The maximum absolute atomic E-state index is 12.3. The van der Waals surface area contributed by atoms with E-state index in [4.69, 9.17) is 0 Å². The van der Waals surface area contributed by atoms with Gasteiger partial charge in [0.1, 0.15) is 10.6 Å². The topological polar surface area (TPSA) is 58.6 Å². The van der Waals surface area contributed by atoms with E-state index in [0.29, 0.717) is 4.88 Å². The fourth-order valence-corrected chi connectivity index (χ4v) is 2.27. The Labute approximate surface area is 120 Å². The van der Waals surface area contributed by atoms with Gasteiger partial charge in [0.05, 0.1) is 6.10 Å². The summed E-state index contributed by atoms with van der Waals surface area (Å²) in [5, 5.41) is 12.4. The van der Waals surface area contributed by atoms with Crippen molar-refractivity contribution in [1.29, 1.82) is 0 Å². The highest BCUT2D eigenvalue weighted by Crippen LogP contribution is 2.30. The number of nitrogens with one attached hydrogen (secondary N) is 1. The summed E-state index contributed by atoms with van der Waals surface area (Å²) in [4.78, 5) is 12.7. The number of alkyl halides is 2. The maximum Gasteiger partial charge on any atom is 0.387 e. The molecule has 114 valence electrons. The Kier molecular flexibility index (Phi) is 5.47. The van der Waals surface area contributed by atoms with Gasteiger partial charge >= 0.3 is 6.61 Å². The first-order chi connectivity index (χ1) is 9.11. The van der Waals surface area contributed by atoms with Gasteiger partial charge in [-0.2, -0.15) is 8.78 Å². The van der Waals surface area contributed by atoms with E-state index in [0.717, 1.165) is 11.3 Å². The Hall–Kier alpha value is -1.21. The number of hydrogen-bond acceptors (Lipinski definition) is 4. The van der Waals surface area contributed by atoms with Crippen LogP contribution in [0.1, 0.15) is 35.3 Å². The third kappa shape index (κ3) is 4.72. The average Bonchev–Trinajstić information content (AvgIpc) is 2.64. The van der Waals surface area contributed by atoms with Gasteiger partial charge in [-0.1, -0.05) is 20.8 Å². The third-order valence-electron chi connectivity index (χ3n) is 2.70. The summed E-state index contributed by atoms with van der Waals surface area (Å²) in [6, 6.07) is 1.39. The van der Waals surface area contributed by atoms with Crippen molar-refractivity contribution < 1.29 is 23.4 Å². The number of aliphatic hydroxyl groups is 1. The molecule has 1 aromatic heterocycles. The molecule has 1 aromatic rings. The Morgan fingerprint density at radius 2 is 2.10 bits per heavy atom. The molecule has 2 N–H and O–H groups in total. The molecule has 0 aliphatic heterocycles. The SMILES string of the molecule is Cc1cc(OC(F)F)c(C(=O)NCC(O)C(C)(C)C)s1. The summed E-state index contributed by atoms with van der Waals surface area (Å²) < 4.78 is 28.8. The molecule has 1 heterocycles. The lowest BCUT2D eigenvalue weighted by molar-refractivity contribution is -0.0498. The van der Waals surface area contributed by atoms with E-state index in [2.05, 4.69) is 10.1 Å². The van der Waals surface area contributed by atoms with Crippen LogP contribution in [0.25, 0.3) is 0 Å². The largest absolute Gasteiger partial charge is 0.433 e. The number of ether oxygens (including phenoxy) is 1. The molecule has 0 saturated heterocycles. The van der Waals surface area contributed by atoms with Crippen molar-refractivity contribution in [2.24, 2.45) is 5.41 Å². The van der Waals surface area contributed by atoms with Gasteiger partial charge in [-0.3, -0.25) is 4.79 Å². The normalized spacial score (nSPS) is 13.4. The molecule has 0 spiro atoms. The molecule has 1 rings (SSSR count). The number of amides is 1. The van der Waals surface area contributed by atoms with Gasteiger partial charge in [-0.25, -0.2) is 0 Å². The molecule has 0 bridgehead atoms. The van der Waals surface area contributed by atoms with E-state index >= 15 is 0 Å². The molecule has 7 heteroatoms. The summed E-state index contributed by atoms with van der Waals surface area (Å²) in [7, 11) is 0. The van der Waals surface area contributed by atoms with Crippen LogP contribution in [0.4, 0.5) is 8.78 Å². The summed E-state index contributed by atoms with van der Waals surface area (Å²) in [5.74, 6) is -0.660. The van der Waals surface area contributed by atoms with Crippen molar-refractivity contribution in [3.63, 3.8) is 0 Å². The van der Waals surface area contributed by atoms with Crippen LogP contribution >= 0.6 is 11.3 Å². The molecule has 0 saturated carbocycles. The zero-order valence-corrected chi connectivity index (χ0v) is 12.7. The Morgan fingerprint density at radius 1 is 1.50 bits per heavy atom. The summed E-state index contributed by atoms with van der Waals surface area (Å²) in [6.07, 6.45) is -0.730. The Balaban J connectivity index is 2.73. The first-order valence-electron chi connectivity index (χ1n) is 6.12. The van der Waals surface area contributed by atoms with Gasteiger partial charge in [0, 0.05) is 11.4 Å². The van der Waals surface area contributed by atoms with Crippen molar-refractivity contribution >= 4 is 17.2 Å². The number of aryl methyl sites for hydroxylation is 1. The molecular weight excluding hydrogens is 288 g/mol. The van der Waals surface area contributed by atoms with Crippen LogP contribution in [0.3, 0.4) is 0 Å². The highest BCUT2D eigenvalue weighted by molar-refractivity contribution is 7.14. The number of thiophene rings is 1. The molecule has 0 aliphatic carbocycles. The van der Waals surface area contributed by atoms with E-state index < -0.39 is 18.6 Å². The van der Waals surface area contributed by atoms with E-state index in [1.807, 2.05) is 20.8 Å². The zero-order chi connectivity index (χ0) is 15.5.